The highest BCUT2D eigenvalue weighted by atomic mass is 35.5. The normalized spacial score (nSPS) is 13.9. The number of hydrogen-bond donors (Lipinski definition) is 3. The van der Waals surface area contributed by atoms with Crippen molar-refractivity contribution in [3.63, 3.8) is 0 Å². The number of carbonyl (C=O) groups is 2. The molecule has 9 heteroatoms. The maximum atomic E-state index is 12.0. The number of urea groups is 1. The molecule has 2 aromatic carbocycles. The van der Waals surface area contributed by atoms with Gasteiger partial charge in [0.25, 0.3) is 5.91 Å². The van der Waals surface area contributed by atoms with Crippen LogP contribution >= 0.6 is 11.6 Å². The summed E-state index contributed by atoms with van der Waals surface area (Å²) in [4.78, 5) is 28.1. The highest BCUT2D eigenvalue weighted by Gasteiger charge is 2.23. The molecule has 1 fully saturated rings. The number of halogens is 1. The maximum absolute atomic E-state index is 12.0. The summed E-state index contributed by atoms with van der Waals surface area (Å²) in [7, 11) is 1.41. The van der Waals surface area contributed by atoms with E-state index in [2.05, 4.69) is 15.6 Å². The molecule has 0 atom stereocenters. The van der Waals surface area contributed by atoms with Gasteiger partial charge < -0.3 is 25.8 Å². The van der Waals surface area contributed by atoms with Crippen LogP contribution in [0.2, 0.25) is 5.02 Å². The largest absolute Gasteiger partial charge is 0.496 e. The molecule has 1 aliphatic rings. The van der Waals surface area contributed by atoms with Gasteiger partial charge in [0.15, 0.2) is 0 Å². The zero-order valence-corrected chi connectivity index (χ0v) is 16.7. The Morgan fingerprint density at radius 2 is 2.10 bits per heavy atom. The van der Waals surface area contributed by atoms with Crippen molar-refractivity contribution < 1.29 is 21.8 Å². The molecule has 1 aliphatic carbocycles. The monoisotopic (exact) mass is 428 g/mol. The third-order valence-corrected chi connectivity index (χ3v) is 4.77. The number of ether oxygens (including phenoxy) is 2. The van der Waals surface area contributed by atoms with E-state index in [-0.39, 0.29) is 51.6 Å². The first kappa shape index (κ1) is 17.3. The Labute approximate surface area is 180 Å². The highest BCUT2D eigenvalue weighted by molar-refractivity contribution is 6.33. The van der Waals surface area contributed by atoms with Gasteiger partial charge in [0.2, 0.25) is 0 Å². The number of pyridine rings is 1. The van der Waals surface area contributed by atoms with E-state index in [0.717, 1.165) is 12.8 Å². The molecule has 1 aromatic heterocycles. The average molecular weight is 429 g/mol. The van der Waals surface area contributed by atoms with Gasteiger partial charge >= 0.3 is 6.03 Å². The summed E-state index contributed by atoms with van der Waals surface area (Å²) in [5.74, 6) is -0.304. The van der Waals surface area contributed by atoms with Gasteiger partial charge in [0.05, 0.1) is 31.6 Å². The predicted molar refractivity (Wildman–Crippen MR) is 114 cm³/mol. The average Bonchev–Trinajstić information content (AvgIpc) is 3.57. The van der Waals surface area contributed by atoms with Crippen molar-refractivity contribution in [3.8, 4) is 17.2 Å². The lowest BCUT2D eigenvalue weighted by molar-refractivity contribution is 0.0997. The summed E-state index contributed by atoms with van der Waals surface area (Å²) in [5, 5.41) is 5.68. The lowest BCUT2D eigenvalue weighted by Gasteiger charge is -2.13. The first-order chi connectivity index (χ1) is 15.3. The zero-order chi connectivity index (χ0) is 23.0. The summed E-state index contributed by atoms with van der Waals surface area (Å²) < 4.78 is 27.7. The van der Waals surface area contributed by atoms with E-state index in [1.54, 1.807) is 6.07 Å². The lowest BCUT2D eigenvalue weighted by atomic mass is 10.1. The van der Waals surface area contributed by atoms with E-state index < -0.39 is 11.9 Å². The molecule has 0 aliphatic heterocycles. The van der Waals surface area contributed by atoms with Gasteiger partial charge in [-0.1, -0.05) is 11.6 Å². The first-order valence-corrected chi connectivity index (χ1v) is 9.48. The number of aromatic nitrogens is 1. The van der Waals surface area contributed by atoms with Crippen molar-refractivity contribution in [2.75, 3.05) is 12.4 Å². The van der Waals surface area contributed by atoms with Gasteiger partial charge in [-0.3, -0.25) is 9.78 Å². The molecule has 1 saturated carbocycles. The van der Waals surface area contributed by atoms with Crippen LogP contribution in [0.4, 0.5) is 10.5 Å². The van der Waals surface area contributed by atoms with Gasteiger partial charge in [-0.05, 0) is 37.1 Å². The van der Waals surface area contributed by atoms with E-state index in [0.29, 0.717) is 10.9 Å². The molecule has 0 unspecified atom stereocenters. The number of anilines is 1. The van der Waals surface area contributed by atoms with E-state index in [4.69, 9.17) is 29.5 Å². The summed E-state index contributed by atoms with van der Waals surface area (Å²) in [6, 6.07) is 5.13. The second-order valence-electron chi connectivity index (χ2n) is 6.69. The van der Waals surface area contributed by atoms with E-state index in [1.807, 2.05) is 0 Å². The minimum Gasteiger partial charge on any atom is -0.496 e. The molecule has 0 saturated heterocycles. The molecule has 3 aromatic rings. The fourth-order valence-corrected chi connectivity index (χ4v) is 3.02. The SMILES string of the molecule is [2H]c1cc(NC(=O)NC2CC2)c(Cl)c([2H])c1Oc1ccnc2cc(OC)c(C(N)=O)cc12. The van der Waals surface area contributed by atoms with Crippen LogP contribution in [-0.2, 0) is 0 Å². The van der Waals surface area contributed by atoms with Crippen molar-refractivity contribution in [1.29, 1.82) is 0 Å². The van der Waals surface area contributed by atoms with Crippen molar-refractivity contribution in [2.45, 2.75) is 18.9 Å². The Morgan fingerprint density at radius 1 is 1.30 bits per heavy atom. The standard InChI is InChI=1S/C21H19ClN4O4/c1-29-19-10-17-13(9-14(19)20(23)27)18(6-7-24-17)30-12-4-5-16(15(22)8-12)26-21(28)25-11-2-3-11/h4-11H,2-3H2,1H3,(H2,23,27)(H2,25,26,28)/i4D,8D. The lowest BCUT2D eigenvalue weighted by Crippen LogP contribution is -2.30. The van der Waals surface area contributed by atoms with Crippen molar-refractivity contribution in [3.05, 3.63) is 53.1 Å². The number of fused-ring (bicyclic) bond motifs is 1. The zero-order valence-electron chi connectivity index (χ0n) is 17.9. The molecule has 4 N–H and O–H groups in total. The van der Waals surface area contributed by atoms with Gasteiger partial charge in [0.1, 0.15) is 17.2 Å². The van der Waals surface area contributed by atoms with Crippen LogP contribution < -0.4 is 25.8 Å². The molecule has 8 nitrogen and oxygen atoms in total. The molecular weight excluding hydrogens is 408 g/mol. The molecular formula is C21H19ClN4O4. The Balaban J connectivity index is 1.70. The Bertz CT molecular complexity index is 1250. The summed E-state index contributed by atoms with van der Waals surface area (Å²) in [5.41, 5.74) is 6.17. The fraction of sp³-hybridized carbons (Fsp3) is 0.190. The van der Waals surface area contributed by atoms with Crippen LogP contribution in [0, 0.1) is 0 Å². The van der Waals surface area contributed by atoms with Gasteiger partial charge in [-0.2, -0.15) is 0 Å². The van der Waals surface area contributed by atoms with Crippen LogP contribution in [0.3, 0.4) is 0 Å². The van der Waals surface area contributed by atoms with E-state index in [1.165, 1.54) is 31.5 Å². The summed E-state index contributed by atoms with van der Waals surface area (Å²) in [6.45, 7) is 0. The third kappa shape index (κ3) is 4.23. The van der Waals surface area contributed by atoms with Gasteiger partial charge in [0, 0.05) is 29.7 Å². The highest BCUT2D eigenvalue weighted by Crippen LogP contribution is 2.35. The number of nitrogens with zero attached hydrogens (tertiary/aromatic N) is 1. The van der Waals surface area contributed by atoms with Crippen LogP contribution in [0.1, 0.15) is 25.9 Å². The molecule has 3 amide bonds. The molecule has 0 radical (unpaired) electrons. The van der Waals surface area contributed by atoms with Crippen molar-refractivity contribution in [1.82, 2.24) is 10.3 Å². The number of rotatable bonds is 6. The van der Waals surface area contributed by atoms with Crippen molar-refractivity contribution in [2.24, 2.45) is 5.73 Å². The van der Waals surface area contributed by atoms with Gasteiger partial charge in [-0.15, -0.1) is 0 Å². The number of nitrogens with two attached hydrogens (primary N) is 1. The number of methoxy groups -OCH3 is 1. The second-order valence-corrected chi connectivity index (χ2v) is 7.07. The van der Waals surface area contributed by atoms with Gasteiger partial charge in [-0.25, -0.2) is 4.79 Å². The smallest absolute Gasteiger partial charge is 0.319 e. The summed E-state index contributed by atoms with van der Waals surface area (Å²) >= 11 is 6.27. The topological polar surface area (TPSA) is 116 Å². The second kappa shape index (κ2) is 8.08. The molecule has 0 bridgehead atoms. The Kier molecular flexibility index (Phi) is 4.67. The number of nitrogens with one attached hydrogen (secondary N) is 2. The Morgan fingerprint density at radius 3 is 2.80 bits per heavy atom. The molecule has 154 valence electrons. The molecule has 0 spiro atoms. The maximum Gasteiger partial charge on any atom is 0.319 e. The van der Waals surface area contributed by atoms with Crippen LogP contribution in [0.5, 0.6) is 17.2 Å². The van der Waals surface area contributed by atoms with E-state index in [9.17, 15) is 9.59 Å². The van der Waals surface area contributed by atoms with E-state index >= 15 is 0 Å². The van der Waals surface area contributed by atoms with Crippen LogP contribution in [-0.4, -0.2) is 30.1 Å². The third-order valence-electron chi connectivity index (χ3n) is 4.47. The fourth-order valence-electron chi connectivity index (χ4n) is 2.83. The predicted octanol–water partition coefficient (Wildman–Crippen LogP) is 4.07. The number of hydrogen-bond acceptors (Lipinski definition) is 5. The minimum atomic E-state index is -0.691. The molecule has 4 rings (SSSR count). The van der Waals surface area contributed by atoms with Crippen LogP contribution in [0.15, 0.2) is 42.5 Å². The number of benzene rings is 2. The quantitative estimate of drug-likeness (QED) is 0.547. The molecule has 30 heavy (non-hydrogen) atoms. The minimum absolute atomic E-state index is 0.0696. The molecule has 1 heterocycles. The number of carbonyl (C=O) groups excluding carboxylic acids is 2. The first-order valence-electron chi connectivity index (χ1n) is 10.1. The van der Waals surface area contributed by atoms with Crippen LogP contribution in [0.25, 0.3) is 10.9 Å². The Hall–Kier alpha value is -3.52. The number of primary amides is 1. The number of amides is 3. The summed E-state index contributed by atoms with van der Waals surface area (Å²) in [6.07, 6.45) is 3.32. The van der Waals surface area contributed by atoms with Crippen molar-refractivity contribution >= 4 is 40.1 Å².